The van der Waals surface area contributed by atoms with Crippen molar-refractivity contribution in [2.75, 3.05) is 12.5 Å². The van der Waals surface area contributed by atoms with Crippen LogP contribution in [0.25, 0.3) is 0 Å². The minimum Gasteiger partial charge on any atom is -0.340 e. The van der Waals surface area contributed by atoms with Crippen LogP contribution in [-0.4, -0.2) is 13.1 Å². The second kappa shape index (κ2) is 13.5. The molecule has 2 amide bonds. The summed E-state index contributed by atoms with van der Waals surface area (Å²) in [6, 6.07) is 7.11. The number of nitrogens with zero attached hydrogens (tertiary/aromatic N) is 2. The van der Waals surface area contributed by atoms with Gasteiger partial charge < -0.3 is 5.32 Å². The van der Waals surface area contributed by atoms with Gasteiger partial charge in [-0.1, -0.05) is 58.3 Å². The Morgan fingerprint density at radius 3 is 2.04 bits per heavy atom. The third kappa shape index (κ3) is 8.46. The number of carbonyl (C=O) groups excluding carboxylic acids is 1. The van der Waals surface area contributed by atoms with Gasteiger partial charge in [-0.15, -0.1) is 0 Å². The molecule has 0 fully saturated rings. The molecule has 0 bridgehead atoms. The molecule has 1 aromatic rings. The van der Waals surface area contributed by atoms with E-state index in [2.05, 4.69) is 29.2 Å². The van der Waals surface area contributed by atoms with Crippen molar-refractivity contribution in [3.05, 3.63) is 28.8 Å². The summed E-state index contributed by atoms with van der Waals surface area (Å²) in [4.78, 5) is 11.4. The number of hydrazine groups is 1. The van der Waals surface area contributed by atoms with Gasteiger partial charge in [-0.05, 0) is 30.5 Å². The van der Waals surface area contributed by atoms with E-state index in [1.54, 1.807) is 12.1 Å². The summed E-state index contributed by atoms with van der Waals surface area (Å²) in [5.74, 6) is 0. The molecule has 0 aliphatic heterocycles. The van der Waals surface area contributed by atoms with Crippen molar-refractivity contribution in [2.24, 2.45) is 0 Å². The minimum absolute atomic E-state index is 0.300. The molecule has 1 rings (SSSR count). The molecule has 0 aliphatic carbocycles. The lowest BCUT2D eigenvalue weighted by Gasteiger charge is -2.14. The van der Waals surface area contributed by atoms with E-state index in [1.165, 1.54) is 52.0 Å². The Morgan fingerprint density at radius 2 is 1.48 bits per heavy atom. The molecule has 0 heterocycles. The molecule has 6 nitrogen and oxygen atoms in total. The first-order chi connectivity index (χ1) is 13.2. The maximum atomic E-state index is 11.4. The summed E-state index contributed by atoms with van der Waals surface area (Å²) in [6.45, 7) is 2.23. The first-order valence-corrected chi connectivity index (χ1v) is 9.87. The Balaban J connectivity index is 2.57. The Hall–Kier alpha value is -2.73. The molecule has 1 aromatic carbocycles. The van der Waals surface area contributed by atoms with Gasteiger partial charge in [0.05, 0.1) is 16.8 Å². The van der Waals surface area contributed by atoms with Crippen molar-refractivity contribution in [2.45, 2.75) is 71.1 Å². The highest BCUT2D eigenvalue weighted by molar-refractivity contribution is 5.75. The summed E-state index contributed by atoms with van der Waals surface area (Å²) >= 11 is 0. The average Bonchev–Trinajstić information content (AvgIpc) is 2.70. The Morgan fingerprint density at radius 1 is 0.926 bits per heavy atom. The van der Waals surface area contributed by atoms with Gasteiger partial charge in [0.2, 0.25) is 0 Å². The monoisotopic (exact) mass is 369 g/mol. The number of rotatable bonds is 12. The third-order valence-corrected chi connectivity index (χ3v) is 4.57. The molecule has 3 N–H and O–H groups in total. The molecule has 0 saturated carbocycles. The van der Waals surface area contributed by atoms with E-state index in [0.29, 0.717) is 16.8 Å². The summed E-state index contributed by atoms with van der Waals surface area (Å²) in [5, 5.41) is 20.9. The number of aryl methyl sites for hydroxylation is 1. The van der Waals surface area contributed by atoms with Crippen LogP contribution in [-0.2, 0) is 6.42 Å². The van der Waals surface area contributed by atoms with Gasteiger partial charge in [0.1, 0.15) is 12.1 Å². The van der Waals surface area contributed by atoms with Crippen LogP contribution >= 0.6 is 0 Å². The molecule has 0 aromatic heterocycles. The van der Waals surface area contributed by atoms with Crippen LogP contribution in [0.3, 0.4) is 0 Å². The lowest BCUT2D eigenvalue weighted by atomic mass is 9.98. The molecule has 146 valence electrons. The quantitative estimate of drug-likeness (QED) is 0.365. The Kier molecular flexibility index (Phi) is 11.1. The van der Waals surface area contributed by atoms with Gasteiger partial charge in [0, 0.05) is 7.05 Å². The topological polar surface area (TPSA) is 101 Å². The van der Waals surface area contributed by atoms with E-state index < -0.39 is 0 Å². The number of amides is 2. The van der Waals surface area contributed by atoms with Gasteiger partial charge in [0.25, 0.3) is 0 Å². The highest BCUT2D eigenvalue weighted by Gasteiger charge is 2.10. The van der Waals surface area contributed by atoms with Crippen LogP contribution in [0.5, 0.6) is 0 Å². The van der Waals surface area contributed by atoms with E-state index in [-0.39, 0.29) is 6.03 Å². The first-order valence-electron chi connectivity index (χ1n) is 9.87. The van der Waals surface area contributed by atoms with E-state index in [0.717, 1.165) is 24.8 Å². The van der Waals surface area contributed by atoms with E-state index in [9.17, 15) is 15.3 Å². The van der Waals surface area contributed by atoms with Crippen molar-refractivity contribution in [1.29, 1.82) is 10.5 Å². The highest BCUT2D eigenvalue weighted by Crippen LogP contribution is 2.23. The third-order valence-electron chi connectivity index (χ3n) is 4.57. The largest absolute Gasteiger partial charge is 0.340 e. The summed E-state index contributed by atoms with van der Waals surface area (Å²) < 4.78 is 0. The highest BCUT2D eigenvalue weighted by atomic mass is 16.2. The smallest absolute Gasteiger partial charge is 0.333 e. The number of nitrogens with one attached hydrogen (secondary N) is 3. The summed E-state index contributed by atoms with van der Waals surface area (Å²) in [6.07, 6.45) is 12.0. The zero-order valence-corrected chi connectivity index (χ0v) is 16.5. The molecular formula is C21H31N5O. The fourth-order valence-corrected chi connectivity index (χ4v) is 2.97. The zero-order chi connectivity index (χ0) is 19.9. The molecular weight excluding hydrogens is 338 g/mol. The van der Waals surface area contributed by atoms with Crippen molar-refractivity contribution in [3.63, 3.8) is 0 Å². The van der Waals surface area contributed by atoms with Gasteiger partial charge in [-0.2, -0.15) is 10.5 Å². The van der Waals surface area contributed by atoms with Crippen LogP contribution in [0.15, 0.2) is 12.1 Å². The van der Waals surface area contributed by atoms with Crippen LogP contribution in [0, 0.1) is 22.7 Å². The van der Waals surface area contributed by atoms with Crippen LogP contribution in [0.2, 0.25) is 0 Å². The molecule has 0 radical (unpaired) electrons. The van der Waals surface area contributed by atoms with Crippen molar-refractivity contribution < 1.29 is 4.79 Å². The number of urea groups is 1. The lowest BCUT2D eigenvalue weighted by Crippen LogP contribution is -2.37. The standard InChI is InChI=1S/C21H31N5O/c1-3-4-5-6-7-8-9-10-11-12-17-13-18(15-22)19(16-23)14-20(17)25-26-21(27)24-2/h13-14,25H,3-12H2,1-2H3,(H2,24,26,27). The summed E-state index contributed by atoms with van der Waals surface area (Å²) in [5.41, 5.74) is 7.63. The number of benzene rings is 1. The van der Waals surface area contributed by atoms with Gasteiger partial charge >= 0.3 is 6.03 Å². The average molecular weight is 370 g/mol. The maximum absolute atomic E-state index is 11.4. The molecule has 0 atom stereocenters. The number of nitriles is 2. The van der Waals surface area contributed by atoms with Gasteiger partial charge in [-0.3, -0.25) is 10.9 Å². The number of anilines is 1. The van der Waals surface area contributed by atoms with Crippen LogP contribution in [0.4, 0.5) is 10.5 Å². The predicted molar refractivity (Wildman–Crippen MR) is 108 cm³/mol. The minimum atomic E-state index is -0.369. The fourth-order valence-electron chi connectivity index (χ4n) is 2.97. The first kappa shape index (κ1) is 22.3. The number of hydrogen-bond acceptors (Lipinski definition) is 4. The number of hydrogen-bond donors (Lipinski definition) is 3. The second-order valence-corrected chi connectivity index (χ2v) is 6.69. The van der Waals surface area contributed by atoms with Crippen molar-refractivity contribution in [1.82, 2.24) is 10.7 Å². The predicted octanol–water partition coefficient (Wildman–Crippen LogP) is 4.76. The fraction of sp³-hybridized carbons (Fsp3) is 0.571. The molecule has 0 aliphatic rings. The molecule has 0 saturated heterocycles. The van der Waals surface area contributed by atoms with Crippen molar-refractivity contribution >= 4 is 11.7 Å². The maximum Gasteiger partial charge on any atom is 0.333 e. The lowest BCUT2D eigenvalue weighted by molar-refractivity contribution is 0.245. The molecule has 27 heavy (non-hydrogen) atoms. The van der Waals surface area contributed by atoms with Gasteiger partial charge in [-0.25, -0.2) is 4.79 Å². The number of unbranched alkanes of at least 4 members (excludes halogenated alkanes) is 8. The Labute approximate surface area is 162 Å². The van der Waals surface area contributed by atoms with Crippen molar-refractivity contribution in [3.8, 4) is 12.1 Å². The van der Waals surface area contributed by atoms with E-state index >= 15 is 0 Å². The van der Waals surface area contributed by atoms with E-state index in [4.69, 9.17) is 0 Å². The normalized spacial score (nSPS) is 9.93. The number of carbonyl (C=O) groups is 1. The summed E-state index contributed by atoms with van der Waals surface area (Å²) in [7, 11) is 1.53. The van der Waals surface area contributed by atoms with E-state index in [1.807, 2.05) is 6.07 Å². The van der Waals surface area contributed by atoms with Gasteiger partial charge in [0.15, 0.2) is 0 Å². The van der Waals surface area contributed by atoms with Crippen LogP contribution < -0.4 is 16.2 Å². The molecule has 6 heteroatoms. The molecule has 0 unspecified atom stereocenters. The second-order valence-electron chi connectivity index (χ2n) is 6.69. The molecule has 0 spiro atoms. The van der Waals surface area contributed by atoms with Crippen LogP contribution in [0.1, 0.15) is 81.4 Å². The Bertz CT molecular complexity index is 672. The SMILES string of the molecule is CCCCCCCCCCCc1cc(C#N)c(C#N)cc1NNC(=O)NC. The zero-order valence-electron chi connectivity index (χ0n) is 16.5.